The fourth-order valence-electron chi connectivity index (χ4n) is 2.50. The second kappa shape index (κ2) is 7.40. The number of amides is 2. The van der Waals surface area contributed by atoms with Crippen molar-refractivity contribution in [2.45, 2.75) is 31.0 Å². The van der Waals surface area contributed by atoms with Gasteiger partial charge in [0.1, 0.15) is 6.54 Å². The van der Waals surface area contributed by atoms with Crippen molar-refractivity contribution < 1.29 is 9.59 Å². The number of carbonyl (C=O) groups excluding carboxylic acids is 2. The van der Waals surface area contributed by atoms with Crippen molar-refractivity contribution in [1.29, 1.82) is 0 Å². The minimum Gasteiger partial charge on any atom is -0.350 e. The van der Waals surface area contributed by atoms with Crippen LogP contribution in [0.1, 0.15) is 22.9 Å². The number of aryl methyl sites for hydroxylation is 2. The van der Waals surface area contributed by atoms with Crippen molar-refractivity contribution in [3.05, 3.63) is 46.3 Å². The molecule has 0 saturated carbocycles. The maximum absolute atomic E-state index is 12.3. The number of benzene rings is 1. The highest BCUT2D eigenvalue weighted by Crippen LogP contribution is 2.42. The molecule has 6 heteroatoms. The van der Waals surface area contributed by atoms with Crippen LogP contribution in [-0.4, -0.2) is 24.1 Å². The Morgan fingerprint density at radius 1 is 1.29 bits per heavy atom. The summed E-state index contributed by atoms with van der Waals surface area (Å²) in [6.45, 7) is 4.69. The molecule has 1 N–H and O–H groups in total. The standard InChI is InChI=1S/C18H20N2O2S2/c1-3-14-8-15-18(24-14)23-11-17(22)20(15)10-16(21)19-9-13-6-4-12(2)5-7-13/h4-8H,3,9-11H2,1-2H3,(H,19,21). The normalized spacial score (nSPS) is 13.8. The summed E-state index contributed by atoms with van der Waals surface area (Å²) in [6, 6.07) is 10.1. The van der Waals surface area contributed by atoms with Gasteiger partial charge >= 0.3 is 0 Å². The third-order valence-corrected chi connectivity index (χ3v) is 6.44. The highest BCUT2D eigenvalue weighted by Gasteiger charge is 2.28. The molecule has 0 saturated heterocycles. The average molecular weight is 361 g/mol. The smallest absolute Gasteiger partial charge is 0.240 e. The molecular formula is C18H20N2O2S2. The Kier molecular flexibility index (Phi) is 5.26. The van der Waals surface area contributed by atoms with Gasteiger partial charge in [0.15, 0.2) is 0 Å². The predicted octanol–water partition coefficient (Wildman–Crippen LogP) is 3.37. The molecule has 1 aliphatic rings. The van der Waals surface area contributed by atoms with Crippen molar-refractivity contribution in [2.24, 2.45) is 0 Å². The van der Waals surface area contributed by atoms with E-state index in [0.29, 0.717) is 12.3 Å². The zero-order valence-corrected chi connectivity index (χ0v) is 15.4. The average Bonchev–Trinajstić information content (AvgIpc) is 3.00. The predicted molar refractivity (Wildman–Crippen MR) is 99.8 cm³/mol. The van der Waals surface area contributed by atoms with Gasteiger partial charge in [0.2, 0.25) is 11.8 Å². The summed E-state index contributed by atoms with van der Waals surface area (Å²) in [4.78, 5) is 27.4. The van der Waals surface area contributed by atoms with E-state index in [2.05, 4.69) is 12.2 Å². The Labute approximate surface area is 150 Å². The van der Waals surface area contributed by atoms with Crippen LogP contribution < -0.4 is 10.2 Å². The molecule has 0 aliphatic carbocycles. The number of hydrogen-bond acceptors (Lipinski definition) is 4. The summed E-state index contributed by atoms with van der Waals surface area (Å²) in [6.07, 6.45) is 0.944. The Morgan fingerprint density at radius 3 is 2.75 bits per heavy atom. The molecule has 1 aromatic carbocycles. The fourth-order valence-corrected chi connectivity index (χ4v) is 4.78. The molecule has 2 heterocycles. The highest BCUT2D eigenvalue weighted by atomic mass is 32.2. The lowest BCUT2D eigenvalue weighted by Gasteiger charge is -2.25. The summed E-state index contributed by atoms with van der Waals surface area (Å²) in [5.41, 5.74) is 3.14. The van der Waals surface area contributed by atoms with Gasteiger partial charge in [-0.2, -0.15) is 0 Å². The van der Waals surface area contributed by atoms with Crippen LogP contribution in [-0.2, 0) is 22.6 Å². The molecule has 1 aromatic heterocycles. The van der Waals surface area contributed by atoms with Crippen LogP contribution in [0.2, 0.25) is 0 Å². The van der Waals surface area contributed by atoms with Gasteiger partial charge in [0.25, 0.3) is 0 Å². The van der Waals surface area contributed by atoms with Crippen molar-refractivity contribution >= 4 is 40.6 Å². The topological polar surface area (TPSA) is 49.4 Å². The minimum absolute atomic E-state index is 0.00145. The Morgan fingerprint density at radius 2 is 2.04 bits per heavy atom. The second-order valence-corrected chi connectivity index (χ2v) is 8.15. The first kappa shape index (κ1) is 17.0. The molecule has 0 spiro atoms. The van der Waals surface area contributed by atoms with Crippen molar-refractivity contribution in [1.82, 2.24) is 5.32 Å². The van der Waals surface area contributed by atoms with Crippen LogP contribution >= 0.6 is 23.1 Å². The zero-order valence-electron chi connectivity index (χ0n) is 13.8. The van der Waals surface area contributed by atoms with Crippen molar-refractivity contribution in [3.63, 3.8) is 0 Å². The zero-order chi connectivity index (χ0) is 17.1. The van der Waals surface area contributed by atoms with E-state index in [9.17, 15) is 9.59 Å². The number of nitrogens with zero attached hydrogens (tertiary/aromatic N) is 1. The van der Waals surface area contributed by atoms with Gasteiger partial charge < -0.3 is 10.2 Å². The summed E-state index contributed by atoms with van der Waals surface area (Å²) in [5.74, 6) is 0.270. The number of hydrogen-bond donors (Lipinski definition) is 1. The first-order valence-electron chi connectivity index (χ1n) is 7.95. The first-order valence-corrected chi connectivity index (χ1v) is 9.75. The first-order chi connectivity index (χ1) is 11.6. The number of anilines is 1. The number of thioether (sulfide) groups is 1. The van der Waals surface area contributed by atoms with Gasteiger partial charge in [0.05, 0.1) is 15.6 Å². The lowest BCUT2D eigenvalue weighted by atomic mass is 10.1. The monoisotopic (exact) mass is 360 g/mol. The third-order valence-electron chi connectivity index (χ3n) is 3.91. The molecular weight excluding hydrogens is 340 g/mol. The maximum Gasteiger partial charge on any atom is 0.240 e. The number of rotatable bonds is 5. The second-order valence-electron chi connectivity index (χ2n) is 5.77. The molecule has 0 fully saturated rings. The number of fused-ring (bicyclic) bond motifs is 1. The SMILES string of the molecule is CCc1cc2c(s1)SCC(=O)N2CC(=O)NCc1ccc(C)cc1. The van der Waals surface area contributed by atoms with E-state index in [1.807, 2.05) is 37.3 Å². The fraction of sp³-hybridized carbons (Fsp3) is 0.333. The molecule has 24 heavy (non-hydrogen) atoms. The van der Waals surface area contributed by atoms with E-state index in [4.69, 9.17) is 0 Å². The van der Waals surface area contributed by atoms with E-state index in [-0.39, 0.29) is 18.4 Å². The van der Waals surface area contributed by atoms with Gasteiger partial charge in [-0.3, -0.25) is 9.59 Å². The van der Waals surface area contributed by atoms with Crippen LogP contribution in [0.4, 0.5) is 5.69 Å². The van der Waals surface area contributed by atoms with E-state index in [1.165, 1.54) is 10.4 Å². The van der Waals surface area contributed by atoms with Gasteiger partial charge in [-0.15, -0.1) is 23.1 Å². The molecule has 2 amide bonds. The van der Waals surface area contributed by atoms with E-state index >= 15 is 0 Å². The summed E-state index contributed by atoms with van der Waals surface area (Å²) in [5, 5.41) is 2.90. The quantitative estimate of drug-likeness (QED) is 0.889. The summed E-state index contributed by atoms with van der Waals surface area (Å²) >= 11 is 3.29. The van der Waals surface area contributed by atoms with Crippen LogP contribution in [0, 0.1) is 6.92 Å². The lowest BCUT2D eigenvalue weighted by molar-refractivity contribution is -0.123. The lowest BCUT2D eigenvalue weighted by Crippen LogP contribution is -2.42. The number of nitrogens with one attached hydrogen (secondary N) is 1. The van der Waals surface area contributed by atoms with Crippen LogP contribution in [0.25, 0.3) is 0 Å². The Hall–Kier alpha value is -1.79. The molecule has 1 aliphatic heterocycles. The van der Waals surface area contributed by atoms with Crippen LogP contribution in [0.5, 0.6) is 0 Å². The highest BCUT2D eigenvalue weighted by molar-refractivity contribution is 8.02. The molecule has 126 valence electrons. The van der Waals surface area contributed by atoms with E-state index in [1.54, 1.807) is 28.0 Å². The molecule has 4 nitrogen and oxygen atoms in total. The molecule has 0 atom stereocenters. The van der Waals surface area contributed by atoms with Crippen LogP contribution in [0.3, 0.4) is 0 Å². The molecule has 0 unspecified atom stereocenters. The summed E-state index contributed by atoms with van der Waals surface area (Å²) in [7, 11) is 0. The largest absolute Gasteiger partial charge is 0.350 e. The maximum atomic E-state index is 12.3. The minimum atomic E-state index is -0.133. The van der Waals surface area contributed by atoms with Gasteiger partial charge in [-0.25, -0.2) is 0 Å². The van der Waals surface area contributed by atoms with Gasteiger partial charge in [-0.05, 0) is 25.0 Å². The molecule has 0 bridgehead atoms. The molecule has 0 radical (unpaired) electrons. The molecule has 2 aromatic rings. The van der Waals surface area contributed by atoms with E-state index in [0.717, 1.165) is 21.9 Å². The third kappa shape index (κ3) is 3.82. The van der Waals surface area contributed by atoms with Crippen molar-refractivity contribution in [3.8, 4) is 0 Å². The number of thiophene rings is 1. The van der Waals surface area contributed by atoms with Crippen molar-refractivity contribution in [2.75, 3.05) is 17.2 Å². The van der Waals surface area contributed by atoms with Gasteiger partial charge in [0, 0.05) is 11.4 Å². The van der Waals surface area contributed by atoms with E-state index < -0.39 is 0 Å². The van der Waals surface area contributed by atoms with Crippen LogP contribution in [0.15, 0.2) is 34.5 Å². The Bertz CT molecular complexity index is 753. The summed E-state index contributed by atoms with van der Waals surface area (Å²) < 4.78 is 1.14. The number of carbonyl (C=O) groups is 2. The molecule has 3 rings (SSSR count). The Balaban J connectivity index is 1.64. The van der Waals surface area contributed by atoms with Gasteiger partial charge in [-0.1, -0.05) is 36.8 Å².